The second-order valence-corrected chi connectivity index (χ2v) is 6.32. The Bertz CT molecular complexity index is 697. The average molecular weight is 381 g/mol. The Morgan fingerprint density at radius 2 is 2.00 bits per heavy atom. The van der Waals surface area contributed by atoms with Crippen LogP contribution in [0, 0.1) is 0 Å². The quantitative estimate of drug-likeness (QED) is 0.878. The lowest BCUT2D eigenvalue weighted by molar-refractivity contribution is -0.141. The van der Waals surface area contributed by atoms with Gasteiger partial charge in [0.1, 0.15) is 5.75 Å². The predicted octanol–water partition coefficient (Wildman–Crippen LogP) is 3.70. The van der Waals surface area contributed by atoms with Crippen LogP contribution in [-0.4, -0.2) is 36.5 Å². The monoisotopic (exact) mass is 380 g/mol. The topological polar surface area (TPSA) is 41.6 Å². The Hall–Kier alpha value is -1.75. The van der Waals surface area contributed by atoms with Gasteiger partial charge in [-0.1, -0.05) is 41.9 Å². The van der Waals surface area contributed by atoms with Crippen molar-refractivity contribution in [2.75, 3.05) is 19.6 Å². The van der Waals surface area contributed by atoms with E-state index in [0.717, 1.165) is 12.1 Å². The second-order valence-electron chi connectivity index (χ2n) is 5.88. The van der Waals surface area contributed by atoms with Crippen LogP contribution in [0.5, 0.6) is 5.75 Å². The zero-order valence-electron chi connectivity index (χ0n) is 14.0. The minimum absolute atomic E-state index is 0. The molecule has 0 spiro atoms. The first-order valence-corrected chi connectivity index (χ1v) is 8.51. The minimum Gasteiger partial charge on any atom is -0.481 e. The Balaban J connectivity index is 0.00000225. The molecule has 1 N–H and O–H groups in total. The second kappa shape index (κ2) is 9.09. The summed E-state index contributed by atoms with van der Waals surface area (Å²) in [4.78, 5) is 14.8. The van der Waals surface area contributed by atoms with E-state index in [9.17, 15) is 4.79 Å². The lowest BCUT2D eigenvalue weighted by Crippen LogP contribution is -2.52. The van der Waals surface area contributed by atoms with Gasteiger partial charge in [0.2, 0.25) is 0 Å². The first-order chi connectivity index (χ1) is 11.6. The Kier molecular flexibility index (Phi) is 7.12. The number of ether oxygens (including phenoxy) is 1. The molecule has 1 fully saturated rings. The number of piperazine rings is 1. The molecule has 4 nitrogen and oxygen atoms in total. The fraction of sp³-hybridized carbons (Fsp3) is 0.316. The molecule has 3 rings (SSSR count). The fourth-order valence-electron chi connectivity index (χ4n) is 2.97. The van der Waals surface area contributed by atoms with Gasteiger partial charge in [0, 0.05) is 24.7 Å². The van der Waals surface area contributed by atoms with E-state index in [1.807, 2.05) is 59.5 Å². The Morgan fingerprint density at radius 1 is 1.24 bits per heavy atom. The lowest BCUT2D eigenvalue weighted by atomic mass is 10.0. The maximum absolute atomic E-state index is 12.9. The highest BCUT2D eigenvalue weighted by molar-refractivity contribution is 6.30. The molecule has 2 atom stereocenters. The standard InChI is InChI=1S/C19H21ClN2O2.ClH/c1-14(24-17-8-3-2-4-9-17)19(23)22-11-10-21-13-18(22)15-6-5-7-16(20)12-15;/h2-9,12,14,18,21H,10-11,13H2,1H3;1H. The highest BCUT2D eigenvalue weighted by Crippen LogP contribution is 2.26. The van der Waals surface area contributed by atoms with E-state index in [-0.39, 0.29) is 24.4 Å². The number of benzene rings is 2. The largest absolute Gasteiger partial charge is 0.481 e. The number of carbonyl (C=O) groups excluding carboxylic acids is 1. The van der Waals surface area contributed by atoms with Crippen molar-refractivity contribution in [3.8, 4) is 5.75 Å². The number of nitrogens with one attached hydrogen (secondary N) is 1. The zero-order chi connectivity index (χ0) is 16.9. The van der Waals surface area contributed by atoms with Crippen molar-refractivity contribution in [2.45, 2.75) is 19.1 Å². The van der Waals surface area contributed by atoms with Gasteiger partial charge in [0.25, 0.3) is 5.91 Å². The number of hydrogen-bond acceptors (Lipinski definition) is 3. The molecule has 0 saturated carbocycles. The molecule has 1 aliphatic heterocycles. The summed E-state index contributed by atoms with van der Waals surface area (Å²) < 4.78 is 5.80. The maximum Gasteiger partial charge on any atom is 0.263 e. The van der Waals surface area contributed by atoms with Gasteiger partial charge in [0.05, 0.1) is 6.04 Å². The van der Waals surface area contributed by atoms with E-state index in [1.54, 1.807) is 6.92 Å². The molecule has 0 radical (unpaired) electrons. The van der Waals surface area contributed by atoms with Gasteiger partial charge in [-0.15, -0.1) is 12.4 Å². The summed E-state index contributed by atoms with van der Waals surface area (Å²) in [6.07, 6.45) is -0.535. The molecule has 1 amide bonds. The van der Waals surface area contributed by atoms with Crippen LogP contribution in [0.1, 0.15) is 18.5 Å². The number of amides is 1. The van der Waals surface area contributed by atoms with E-state index >= 15 is 0 Å². The normalized spacial score (nSPS) is 18.2. The van der Waals surface area contributed by atoms with E-state index in [1.165, 1.54) is 0 Å². The Labute approximate surface area is 159 Å². The first-order valence-electron chi connectivity index (χ1n) is 8.13. The van der Waals surface area contributed by atoms with Crippen molar-refractivity contribution in [1.82, 2.24) is 10.2 Å². The van der Waals surface area contributed by atoms with Gasteiger partial charge in [-0.05, 0) is 36.8 Å². The highest BCUT2D eigenvalue weighted by Gasteiger charge is 2.31. The number of carbonyl (C=O) groups is 1. The molecule has 25 heavy (non-hydrogen) atoms. The molecule has 1 heterocycles. The van der Waals surface area contributed by atoms with E-state index in [4.69, 9.17) is 16.3 Å². The van der Waals surface area contributed by atoms with E-state index in [0.29, 0.717) is 23.9 Å². The van der Waals surface area contributed by atoms with Gasteiger partial charge in [-0.2, -0.15) is 0 Å². The van der Waals surface area contributed by atoms with Crippen LogP contribution in [0.4, 0.5) is 0 Å². The molecule has 2 aromatic rings. The van der Waals surface area contributed by atoms with Crippen molar-refractivity contribution in [3.63, 3.8) is 0 Å². The molecular weight excluding hydrogens is 359 g/mol. The molecule has 0 aromatic heterocycles. The third-order valence-electron chi connectivity index (χ3n) is 4.16. The van der Waals surface area contributed by atoms with Gasteiger partial charge in [-0.25, -0.2) is 0 Å². The van der Waals surface area contributed by atoms with Gasteiger partial charge in [-0.3, -0.25) is 4.79 Å². The number of hydrogen-bond donors (Lipinski definition) is 1. The molecule has 134 valence electrons. The number of nitrogens with zero attached hydrogens (tertiary/aromatic N) is 1. The van der Waals surface area contributed by atoms with Gasteiger partial charge in [0.15, 0.2) is 6.10 Å². The third-order valence-corrected chi connectivity index (χ3v) is 4.40. The van der Waals surface area contributed by atoms with Crippen LogP contribution >= 0.6 is 24.0 Å². The average Bonchev–Trinajstić information content (AvgIpc) is 2.62. The van der Waals surface area contributed by atoms with E-state index in [2.05, 4.69) is 5.32 Å². The minimum atomic E-state index is -0.535. The van der Waals surface area contributed by atoms with Crippen LogP contribution in [0.25, 0.3) is 0 Å². The van der Waals surface area contributed by atoms with Crippen molar-refractivity contribution in [3.05, 3.63) is 65.2 Å². The first kappa shape index (κ1) is 19.6. The SMILES string of the molecule is CC(Oc1ccccc1)C(=O)N1CCNCC1c1cccc(Cl)c1.Cl. The van der Waals surface area contributed by atoms with Crippen LogP contribution in [0.15, 0.2) is 54.6 Å². The molecule has 1 aliphatic rings. The lowest BCUT2D eigenvalue weighted by Gasteiger charge is -2.38. The summed E-state index contributed by atoms with van der Waals surface area (Å²) in [5.74, 6) is 0.693. The van der Waals surface area contributed by atoms with Crippen molar-refractivity contribution < 1.29 is 9.53 Å². The molecule has 2 aromatic carbocycles. The number of para-hydroxylation sites is 1. The summed E-state index contributed by atoms with van der Waals surface area (Å²) in [5, 5.41) is 4.03. The summed E-state index contributed by atoms with van der Waals surface area (Å²) in [6, 6.07) is 17.1. The molecule has 1 saturated heterocycles. The summed E-state index contributed by atoms with van der Waals surface area (Å²) in [5.41, 5.74) is 1.04. The summed E-state index contributed by atoms with van der Waals surface area (Å²) >= 11 is 6.11. The summed E-state index contributed by atoms with van der Waals surface area (Å²) in [6.45, 7) is 3.94. The Morgan fingerprint density at radius 3 is 2.72 bits per heavy atom. The number of rotatable bonds is 4. The van der Waals surface area contributed by atoms with Gasteiger partial charge < -0.3 is 15.0 Å². The fourth-order valence-corrected chi connectivity index (χ4v) is 3.17. The van der Waals surface area contributed by atoms with Gasteiger partial charge >= 0.3 is 0 Å². The zero-order valence-corrected chi connectivity index (χ0v) is 15.6. The number of halogens is 2. The van der Waals surface area contributed by atoms with Crippen LogP contribution in [0.3, 0.4) is 0 Å². The van der Waals surface area contributed by atoms with Crippen LogP contribution < -0.4 is 10.1 Å². The molecular formula is C19H22Cl2N2O2. The van der Waals surface area contributed by atoms with Crippen molar-refractivity contribution in [1.29, 1.82) is 0 Å². The van der Waals surface area contributed by atoms with Crippen molar-refractivity contribution >= 4 is 29.9 Å². The molecule has 2 unspecified atom stereocenters. The molecule has 0 aliphatic carbocycles. The maximum atomic E-state index is 12.9. The van der Waals surface area contributed by atoms with E-state index < -0.39 is 6.10 Å². The summed E-state index contributed by atoms with van der Waals surface area (Å²) in [7, 11) is 0. The van der Waals surface area contributed by atoms with Crippen molar-refractivity contribution in [2.24, 2.45) is 0 Å². The highest BCUT2D eigenvalue weighted by atomic mass is 35.5. The smallest absolute Gasteiger partial charge is 0.263 e. The third kappa shape index (κ3) is 4.88. The van der Waals surface area contributed by atoms with Crippen LogP contribution in [-0.2, 0) is 4.79 Å². The predicted molar refractivity (Wildman–Crippen MR) is 103 cm³/mol. The molecule has 0 bridgehead atoms. The molecule has 6 heteroatoms. The van der Waals surface area contributed by atoms with Crippen LogP contribution in [0.2, 0.25) is 5.02 Å².